The lowest BCUT2D eigenvalue weighted by Gasteiger charge is -2.09. The van der Waals surface area contributed by atoms with Crippen LogP contribution in [0.25, 0.3) is 0 Å². The van der Waals surface area contributed by atoms with Gasteiger partial charge in [0.2, 0.25) is 10.2 Å². The highest BCUT2D eigenvalue weighted by Crippen LogP contribution is 2.21. The third kappa shape index (κ3) is 6.61. The second-order valence-corrected chi connectivity index (χ2v) is 5.67. The number of rotatable bonds is 7. The summed E-state index contributed by atoms with van der Waals surface area (Å²) in [6, 6.07) is 0.927. The van der Waals surface area contributed by atoms with Gasteiger partial charge in [0, 0.05) is 29.4 Å². The SMILES string of the molecule is NC(N)=NCCCC(N)C(=O)Sc1cncc(C(=O)S)c1. The number of thiol groups is 1. The van der Waals surface area contributed by atoms with Gasteiger partial charge in [0.1, 0.15) is 0 Å². The first-order valence-corrected chi connectivity index (χ1v) is 7.37. The molecule has 114 valence electrons. The fraction of sp³-hybridized carbons (Fsp3) is 0.333. The zero-order valence-corrected chi connectivity index (χ0v) is 12.9. The predicted molar refractivity (Wildman–Crippen MR) is 86.3 cm³/mol. The molecule has 9 heteroatoms. The van der Waals surface area contributed by atoms with Crippen LogP contribution in [0.1, 0.15) is 23.2 Å². The highest BCUT2D eigenvalue weighted by Gasteiger charge is 2.15. The average molecular weight is 327 g/mol. The fourth-order valence-electron chi connectivity index (χ4n) is 1.42. The summed E-state index contributed by atoms with van der Waals surface area (Å²) in [4.78, 5) is 31.3. The molecule has 1 atom stereocenters. The van der Waals surface area contributed by atoms with Gasteiger partial charge in [0.15, 0.2) is 5.96 Å². The smallest absolute Gasteiger partial charge is 0.217 e. The van der Waals surface area contributed by atoms with Gasteiger partial charge in [-0.05, 0) is 30.7 Å². The maximum Gasteiger partial charge on any atom is 0.217 e. The Labute approximate surface area is 132 Å². The summed E-state index contributed by atoms with van der Waals surface area (Å²) in [7, 11) is 0. The van der Waals surface area contributed by atoms with Crippen molar-refractivity contribution >= 4 is 40.6 Å². The van der Waals surface area contributed by atoms with E-state index in [4.69, 9.17) is 17.2 Å². The Morgan fingerprint density at radius 3 is 2.71 bits per heavy atom. The Balaban J connectivity index is 2.50. The quantitative estimate of drug-likeness (QED) is 0.184. The van der Waals surface area contributed by atoms with Crippen molar-refractivity contribution < 1.29 is 9.59 Å². The van der Waals surface area contributed by atoms with Gasteiger partial charge in [-0.25, -0.2) is 0 Å². The number of aliphatic imine (C=N–C) groups is 1. The average Bonchev–Trinajstić information content (AvgIpc) is 2.43. The minimum absolute atomic E-state index is 0.0172. The summed E-state index contributed by atoms with van der Waals surface area (Å²) in [5.41, 5.74) is 16.5. The van der Waals surface area contributed by atoms with Crippen molar-refractivity contribution in [1.82, 2.24) is 4.98 Å². The molecular weight excluding hydrogens is 310 g/mol. The number of guanidine groups is 1. The van der Waals surface area contributed by atoms with Crippen LogP contribution in [0, 0.1) is 0 Å². The zero-order valence-electron chi connectivity index (χ0n) is 11.2. The second-order valence-electron chi connectivity index (χ2n) is 4.19. The monoisotopic (exact) mass is 327 g/mol. The Morgan fingerprint density at radius 1 is 1.38 bits per heavy atom. The first kappa shape index (κ1) is 17.5. The number of hydrogen-bond acceptors (Lipinski definition) is 6. The van der Waals surface area contributed by atoms with E-state index >= 15 is 0 Å². The predicted octanol–water partition coefficient (Wildman–Crippen LogP) is 0.151. The van der Waals surface area contributed by atoms with Gasteiger partial charge in [-0.15, -0.1) is 12.6 Å². The van der Waals surface area contributed by atoms with E-state index in [2.05, 4.69) is 22.6 Å². The van der Waals surface area contributed by atoms with E-state index in [1.165, 1.54) is 12.4 Å². The highest BCUT2D eigenvalue weighted by atomic mass is 32.2. The van der Waals surface area contributed by atoms with Crippen LogP contribution in [-0.4, -0.2) is 33.8 Å². The van der Waals surface area contributed by atoms with Crippen molar-refractivity contribution in [3.8, 4) is 0 Å². The van der Waals surface area contributed by atoms with Crippen LogP contribution in [0.3, 0.4) is 0 Å². The van der Waals surface area contributed by atoms with Crippen LogP contribution in [0.2, 0.25) is 0 Å². The molecule has 0 bridgehead atoms. The minimum atomic E-state index is -0.625. The Hall–Kier alpha value is -1.58. The number of nitrogens with zero attached hydrogens (tertiary/aromatic N) is 2. The molecule has 0 aliphatic heterocycles. The van der Waals surface area contributed by atoms with Crippen LogP contribution < -0.4 is 17.2 Å². The molecule has 21 heavy (non-hydrogen) atoms. The van der Waals surface area contributed by atoms with E-state index in [1.54, 1.807) is 6.07 Å². The van der Waals surface area contributed by atoms with Crippen molar-refractivity contribution in [2.45, 2.75) is 23.8 Å². The second kappa shape index (κ2) is 8.65. The lowest BCUT2D eigenvalue weighted by atomic mass is 10.2. The number of aromatic nitrogens is 1. The number of carbonyl (C=O) groups excluding carboxylic acids is 2. The van der Waals surface area contributed by atoms with Gasteiger partial charge in [-0.1, -0.05) is 0 Å². The van der Waals surface area contributed by atoms with Crippen molar-refractivity contribution in [1.29, 1.82) is 0 Å². The summed E-state index contributed by atoms with van der Waals surface area (Å²) in [6.45, 7) is 0.430. The van der Waals surface area contributed by atoms with Crippen molar-refractivity contribution in [2.24, 2.45) is 22.2 Å². The number of hydrogen-bond donors (Lipinski definition) is 4. The molecule has 0 fully saturated rings. The number of nitrogens with two attached hydrogens (primary N) is 3. The summed E-state index contributed by atoms with van der Waals surface area (Å²) in [5.74, 6) is 0.0172. The van der Waals surface area contributed by atoms with Crippen LogP contribution in [0.15, 0.2) is 28.3 Å². The van der Waals surface area contributed by atoms with Crippen molar-refractivity contribution in [3.63, 3.8) is 0 Å². The molecule has 0 saturated heterocycles. The van der Waals surface area contributed by atoms with Crippen LogP contribution in [0.5, 0.6) is 0 Å². The van der Waals surface area contributed by atoms with Gasteiger partial charge in [-0.3, -0.25) is 19.6 Å². The van der Waals surface area contributed by atoms with Crippen molar-refractivity contribution in [2.75, 3.05) is 6.54 Å². The van der Waals surface area contributed by atoms with E-state index in [1.807, 2.05) is 0 Å². The lowest BCUT2D eigenvalue weighted by molar-refractivity contribution is -0.112. The summed E-state index contributed by atoms with van der Waals surface area (Å²) in [5, 5.41) is -0.607. The van der Waals surface area contributed by atoms with Gasteiger partial charge in [0.25, 0.3) is 0 Å². The largest absolute Gasteiger partial charge is 0.370 e. The van der Waals surface area contributed by atoms with Gasteiger partial charge in [0.05, 0.1) is 6.04 Å². The van der Waals surface area contributed by atoms with Crippen LogP contribution in [-0.2, 0) is 4.79 Å². The minimum Gasteiger partial charge on any atom is -0.370 e. The molecule has 0 saturated carbocycles. The summed E-state index contributed by atoms with van der Waals surface area (Å²) >= 11 is 4.66. The van der Waals surface area contributed by atoms with Gasteiger partial charge >= 0.3 is 0 Å². The molecule has 1 rings (SSSR count). The van der Waals surface area contributed by atoms with E-state index < -0.39 is 11.2 Å². The summed E-state index contributed by atoms with van der Waals surface area (Å²) < 4.78 is 0. The van der Waals surface area contributed by atoms with Crippen LogP contribution in [0.4, 0.5) is 0 Å². The third-order valence-electron chi connectivity index (χ3n) is 2.45. The molecule has 1 aromatic rings. The topological polar surface area (TPSA) is 137 Å². The Kier molecular flexibility index (Phi) is 7.20. The molecule has 7 nitrogen and oxygen atoms in total. The summed E-state index contributed by atoms with van der Waals surface area (Å²) in [6.07, 6.45) is 3.97. The molecule has 0 radical (unpaired) electrons. The maximum absolute atomic E-state index is 11.9. The number of pyridine rings is 1. The first-order chi connectivity index (χ1) is 9.90. The number of thioether (sulfide) groups is 1. The third-order valence-corrected chi connectivity index (χ3v) is 3.67. The molecule has 0 aromatic carbocycles. The zero-order chi connectivity index (χ0) is 15.8. The van der Waals surface area contributed by atoms with E-state index in [0.29, 0.717) is 29.8 Å². The molecule has 0 amide bonds. The van der Waals surface area contributed by atoms with Crippen molar-refractivity contribution in [3.05, 3.63) is 24.0 Å². The normalized spacial score (nSPS) is 11.7. The van der Waals surface area contributed by atoms with Crippen LogP contribution >= 0.6 is 24.4 Å². The number of carbonyl (C=O) groups is 2. The fourth-order valence-corrected chi connectivity index (χ4v) is 2.34. The van der Waals surface area contributed by atoms with Gasteiger partial charge < -0.3 is 17.2 Å². The molecule has 0 aliphatic rings. The maximum atomic E-state index is 11.9. The molecule has 1 heterocycles. The van der Waals surface area contributed by atoms with Gasteiger partial charge in [-0.2, -0.15) is 0 Å². The molecule has 6 N–H and O–H groups in total. The molecular formula is C12H17N5O2S2. The Bertz CT molecular complexity index is 546. The molecule has 1 aromatic heterocycles. The first-order valence-electron chi connectivity index (χ1n) is 6.11. The van der Waals surface area contributed by atoms with E-state index in [9.17, 15) is 9.59 Å². The molecule has 0 spiro atoms. The van der Waals surface area contributed by atoms with E-state index in [-0.39, 0.29) is 11.1 Å². The molecule has 0 aliphatic carbocycles. The highest BCUT2D eigenvalue weighted by molar-refractivity contribution is 8.13. The molecule has 1 unspecified atom stereocenters. The standard InChI is InChI=1S/C12H17N5O2S2/c13-9(2-1-3-17-12(14)15)11(19)21-8-4-7(10(18)20)5-16-6-8/h4-6,9H,1-3,13H2,(H,18,20)(H4,14,15,17). The Morgan fingerprint density at radius 2 is 2.10 bits per heavy atom. The van der Waals surface area contributed by atoms with E-state index in [0.717, 1.165) is 11.8 Å². The lowest BCUT2D eigenvalue weighted by Crippen LogP contribution is -2.28.